The molecule has 0 aromatic rings. The van der Waals surface area contributed by atoms with Crippen molar-refractivity contribution in [3.05, 3.63) is 54.7 Å². The largest absolute Gasteiger partial charge is 4.00 e. The predicted octanol–water partition coefficient (Wildman–Crippen LogP) is 1.89. The summed E-state index contributed by atoms with van der Waals surface area (Å²) in [5.41, 5.74) is 7.42. The molecule has 0 spiro atoms. The number of carboxylic acid groups (broad SMARTS) is 1. The number of carbonyl (C=O) groups is 1. The number of rotatable bonds is 1. The molecule has 0 amide bonds. The van der Waals surface area contributed by atoms with Crippen molar-refractivity contribution in [2.45, 2.75) is 31.7 Å². The van der Waals surface area contributed by atoms with Gasteiger partial charge < -0.3 is 69.0 Å². The summed E-state index contributed by atoms with van der Waals surface area (Å²) in [6, 6.07) is 0.142. The molecule has 0 aliphatic heterocycles. The minimum absolute atomic E-state index is 0. The van der Waals surface area contributed by atoms with E-state index in [9.17, 15) is 4.79 Å². The summed E-state index contributed by atoms with van der Waals surface area (Å²) >= 11 is 0. The van der Waals surface area contributed by atoms with E-state index in [0.29, 0.717) is 5.92 Å². The van der Waals surface area contributed by atoms with Crippen molar-refractivity contribution in [2.75, 3.05) is 0 Å². The summed E-state index contributed by atoms with van der Waals surface area (Å²) in [4.78, 5) is 9.35. The molecule has 1 aliphatic carbocycles. The number of aliphatic hydroxyl groups excluding tert-OH is 1. The van der Waals surface area contributed by atoms with E-state index in [4.69, 9.17) is 15.9 Å². The summed E-state index contributed by atoms with van der Waals surface area (Å²) in [5.74, 6) is -1.78. The van der Waals surface area contributed by atoms with Crippen LogP contribution in [0, 0.1) is 42.5 Å². The second-order valence-corrected chi connectivity index (χ2v) is 3.40. The van der Waals surface area contributed by atoms with Gasteiger partial charge in [-0.2, -0.15) is 12.0 Å². The van der Waals surface area contributed by atoms with Crippen LogP contribution in [0.15, 0.2) is 12.3 Å². The zero-order valence-electron chi connectivity index (χ0n) is 14.9. The molecule has 1 rings (SSSR count). The third-order valence-electron chi connectivity index (χ3n) is 2.16. The maximum Gasteiger partial charge on any atom is 4.00 e. The average molecular weight is 792 g/mol. The van der Waals surface area contributed by atoms with Crippen molar-refractivity contribution < 1.29 is 106 Å². The summed E-state index contributed by atoms with van der Waals surface area (Å²) < 4.78 is 0. The van der Waals surface area contributed by atoms with Crippen LogP contribution in [0.1, 0.15) is 25.7 Å². The van der Waals surface area contributed by atoms with Gasteiger partial charge in [-0.15, -0.1) is 0 Å². The molecule has 155 valence electrons. The normalized spacial score (nSPS) is 15.1. The maximum absolute atomic E-state index is 9.35. The van der Waals surface area contributed by atoms with E-state index in [0.717, 1.165) is 6.42 Å². The van der Waals surface area contributed by atoms with Crippen LogP contribution in [0.4, 0.5) is 0 Å². The van der Waals surface area contributed by atoms with Crippen molar-refractivity contribution in [3.63, 3.8) is 0 Å². The molecule has 0 saturated heterocycles. The van der Waals surface area contributed by atoms with Crippen LogP contribution < -0.4 is 0 Å². The molecule has 0 aromatic carbocycles. The topological polar surface area (TPSA) is 176 Å². The van der Waals surface area contributed by atoms with Crippen LogP contribution >= 0.6 is 0 Å². The number of aliphatic hydroxyl groups is 1. The summed E-state index contributed by atoms with van der Waals surface area (Å²) in [5, 5.41) is 15.5. The zero-order valence-corrected chi connectivity index (χ0v) is 22.3. The summed E-state index contributed by atoms with van der Waals surface area (Å²) in [7, 11) is 0. The van der Waals surface area contributed by atoms with Gasteiger partial charge in [0.25, 0.3) is 0 Å². The number of hydrogen-bond donors (Lipinski definition) is 2. The van der Waals surface area contributed by atoms with Crippen LogP contribution in [0.25, 0.3) is 5.73 Å². The van der Waals surface area contributed by atoms with E-state index < -0.39 is 11.7 Å². The van der Waals surface area contributed by atoms with E-state index in [2.05, 4.69) is 13.5 Å². The van der Waals surface area contributed by atoms with Crippen molar-refractivity contribution >= 4 is 5.97 Å². The second-order valence-electron chi connectivity index (χ2n) is 3.40. The molecule has 0 aromatic heterocycles. The van der Waals surface area contributed by atoms with Crippen molar-refractivity contribution in [1.29, 1.82) is 0 Å². The molecular weight excluding hydrogens is 757 g/mol. The molecule has 1 radical (unpaired) electrons. The van der Waals surface area contributed by atoms with Crippen LogP contribution in [0.5, 0.6) is 0 Å². The molecule has 9 N–H and O–H groups in total. The Bertz CT molecular complexity index is 205. The number of aliphatic carboxylic acids is 1. The van der Waals surface area contributed by atoms with Gasteiger partial charge in [0.2, 0.25) is 0 Å². The van der Waals surface area contributed by atoms with Gasteiger partial charge in [0.05, 0.1) is 0 Å². The number of carboxylic acids is 1. The fourth-order valence-electron chi connectivity index (χ4n) is 1.21. The van der Waals surface area contributed by atoms with Gasteiger partial charge in [0, 0.05) is 32.7 Å². The van der Waals surface area contributed by atoms with Gasteiger partial charge in [0.15, 0.2) is 5.76 Å². The Labute approximate surface area is 203 Å². The van der Waals surface area contributed by atoms with Gasteiger partial charge in [-0.05, 0) is 6.58 Å². The fourth-order valence-corrected chi connectivity index (χ4v) is 1.21. The van der Waals surface area contributed by atoms with Gasteiger partial charge in [-0.1, -0.05) is 25.7 Å². The van der Waals surface area contributed by atoms with Crippen LogP contribution in [0.3, 0.4) is 0 Å². The third kappa shape index (κ3) is 43.6. The Morgan fingerprint density at radius 1 is 1.00 bits per heavy atom. The fraction of sp³-hybridized carbons (Fsp3) is 0.429. The van der Waals surface area contributed by atoms with Crippen LogP contribution in [-0.2, 0) is 79.6 Å². The minimum atomic E-state index is -1.38. The summed E-state index contributed by atoms with van der Waals surface area (Å²) in [6.07, 6.45) is 4.80. The molecule has 7 nitrogen and oxygen atoms in total. The van der Waals surface area contributed by atoms with Crippen LogP contribution in [-0.4, -0.2) is 38.7 Å². The van der Waals surface area contributed by atoms with E-state index >= 15 is 0 Å². The van der Waals surface area contributed by atoms with E-state index in [1.807, 2.05) is 0 Å². The van der Waals surface area contributed by atoms with Crippen LogP contribution in [0.2, 0.25) is 0 Å². The van der Waals surface area contributed by atoms with E-state index in [1.54, 1.807) is 0 Å². The van der Waals surface area contributed by atoms with Crippen molar-refractivity contribution in [1.82, 2.24) is 0 Å². The molecular formula is C14H35NO6Pt2Y. The van der Waals surface area contributed by atoms with Gasteiger partial charge in [0.1, 0.15) is 0 Å². The second kappa shape index (κ2) is 44.1. The van der Waals surface area contributed by atoms with E-state index in [-0.39, 0.29) is 127 Å². The Hall–Kier alpha value is 1.33. The molecule has 1 aliphatic rings. The first kappa shape index (κ1) is 73.0. The van der Waals surface area contributed by atoms with Gasteiger partial charge >= 0.3 is 48.1 Å². The predicted molar refractivity (Wildman–Crippen MR) is 91.3 cm³/mol. The maximum atomic E-state index is 9.35. The minimum Gasteiger partial charge on any atom is -0.677 e. The molecule has 2 atom stereocenters. The Kier molecular flexibility index (Phi) is 134. The number of nitrogens with one attached hydrogen (secondary N) is 1. The molecule has 1 fully saturated rings. The first-order valence-corrected chi connectivity index (χ1v) is 4.60. The van der Waals surface area contributed by atoms with E-state index in [1.165, 1.54) is 19.3 Å². The number of hydrogen-bond acceptors (Lipinski definition) is 2. The van der Waals surface area contributed by atoms with Gasteiger partial charge in [-0.3, -0.25) is 0 Å². The molecule has 1 saturated carbocycles. The standard InChI is InChI=1S/C7H13N.C3H4O3.4CH3.3H2O.2Pt.Y/c1-6-4-2-3-5-7(6)8;1-2(4)3(5)6;;;;;;;;;;/h6-8H,1-5H2;4H,1H2,(H,5,6);4*1H3;3*1H2;;;/q-2;;4*-1;;;;+2;+4;/t6-,7-;;;;;;;;;;;/m1.........../s1. The molecule has 0 unspecified atom stereocenters. The molecule has 24 heavy (non-hydrogen) atoms. The molecule has 0 heterocycles. The Morgan fingerprint density at radius 2 is 1.25 bits per heavy atom. The smallest absolute Gasteiger partial charge is 0.677 e. The SMILES string of the molecule is C=C(O)C(=O)O.O.O.O.[CH2-][C@@H]1CCCC[C@H]1[NH-].[CH3-].[CH3-].[CH3-].[CH3-].[Pt+2].[Pt+4].[Y]. The van der Waals surface area contributed by atoms with Gasteiger partial charge in [-0.25, -0.2) is 4.79 Å². The Morgan fingerprint density at radius 3 is 1.38 bits per heavy atom. The Balaban J connectivity index is -0.0000000112. The first-order valence-electron chi connectivity index (χ1n) is 4.60. The zero-order chi connectivity index (χ0) is 11.1. The quantitative estimate of drug-likeness (QED) is 0.235. The van der Waals surface area contributed by atoms with Crippen molar-refractivity contribution in [3.8, 4) is 0 Å². The molecule has 10 heteroatoms. The summed E-state index contributed by atoms with van der Waals surface area (Å²) in [6.45, 7) is 6.60. The van der Waals surface area contributed by atoms with Crippen molar-refractivity contribution in [2.24, 2.45) is 5.92 Å². The average Bonchev–Trinajstić information content (AvgIpc) is 2.11. The third-order valence-corrected chi connectivity index (χ3v) is 2.16. The molecule has 0 bridgehead atoms. The monoisotopic (exact) mass is 792 g/mol. The first-order chi connectivity index (χ1) is 6.45.